The van der Waals surface area contributed by atoms with E-state index in [0.717, 1.165) is 34.3 Å². The maximum absolute atomic E-state index is 13.3. The van der Waals surface area contributed by atoms with Crippen molar-refractivity contribution in [2.24, 2.45) is 0 Å². The minimum Gasteiger partial charge on any atom is -0.383 e. The largest absolute Gasteiger partial charge is 0.383 e. The summed E-state index contributed by atoms with van der Waals surface area (Å²) in [5.41, 5.74) is 9.66. The zero-order chi connectivity index (χ0) is 21.8. The summed E-state index contributed by atoms with van der Waals surface area (Å²) in [5, 5.41) is 5.35. The zero-order valence-corrected chi connectivity index (χ0v) is 17.4. The molecular weight excluding hydrogens is 417 g/mol. The van der Waals surface area contributed by atoms with Crippen LogP contribution < -0.4 is 5.73 Å². The minimum atomic E-state index is -0.275. The van der Waals surface area contributed by atoms with Crippen molar-refractivity contribution >= 4 is 28.5 Å². The average molecular weight is 436 g/mol. The van der Waals surface area contributed by atoms with Crippen molar-refractivity contribution in [3.63, 3.8) is 0 Å². The Labute approximate surface area is 182 Å². The Morgan fingerprint density at radius 2 is 1.84 bits per heavy atom. The highest BCUT2D eigenvalue weighted by molar-refractivity contribution is 6.30. The van der Waals surface area contributed by atoms with Crippen molar-refractivity contribution in [2.75, 3.05) is 5.73 Å². The summed E-state index contributed by atoms with van der Waals surface area (Å²) in [6.07, 6.45) is 4.08. The van der Waals surface area contributed by atoms with Crippen LogP contribution in [0.15, 0.2) is 71.6 Å². The van der Waals surface area contributed by atoms with Crippen LogP contribution in [0.5, 0.6) is 0 Å². The lowest BCUT2D eigenvalue weighted by atomic mass is 10.1. The molecule has 0 fully saturated rings. The molecular formula is C23H19ClFN5O. The first-order valence-corrected chi connectivity index (χ1v) is 9.98. The van der Waals surface area contributed by atoms with E-state index in [1.165, 1.54) is 12.4 Å². The van der Waals surface area contributed by atoms with Crippen LogP contribution in [0.25, 0.3) is 33.4 Å². The standard InChI is InChI=1S/C12H9ClN4.C11H10FNO/c13-8-3-1-7(2-4-8)9-5-15-12-10(9)11(14)16-6-17-12;1-2-8-7-11(13-14-8)9-5-3-4-6-10(9)12/h1-6H,(H3,14,15,16,17);3-7H,2H2,1H3. The number of H-pyrrole nitrogens is 1. The second-order valence-electron chi connectivity index (χ2n) is 6.70. The molecule has 0 amide bonds. The summed E-state index contributed by atoms with van der Waals surface area (Å²) in [4.78, 5) is 11.2. The fraction of sp³-hybridized carbons (Fsp3) is 0.0870. The normalized spacial score (nSPS) is 10.7. The lowest BCUT2D eigenvalue weighted by Gasteiger charge is -2.01. The van der Waals surface area contributed by atoms with Crippen molar-refractivity contribution < 1.29 is 8.91 Å². The summed E-state index contributed by atoms with van der Waals surface area (Å²) in [5.74, 6) is 0.966. The Hall–Kier alpha value is -3.71. The molecule has 0 radical (unpaired) electrons. The van der Waals surface area contributed by atoms with Crippen molar-refractivity contribution in [2.45, 2.75) is 13.3 Å². The highest BCUT2D eigenvalue weighted by Crippen LogP contribution is 2.31. The highest BCUT2D eigenvalue weighted by atomic mass is 35.5. The second kappa shape index (κ2) is 8.97. The van der Waals surface area contributed by atoms with E-state index in [4.69, 9.17) is 21.9 Å². The van der Waals surface area contributed by atoms with Crippen molar-refractivity contribution in [1.82, 2.24) is 20.1 Å². The van der Waals surface area contributed by atoms with Gasteiger partial charge in [-0.3, -0.25) is 0 Å². The third-order valence-electron chi connectivity index (χ3n) is 4.71. The monoisotopic (exact) mass is 435 g/mol. The Kier molecular flexibility index (Phi) is 5.95. The zero-order valence-electron chi connectivity index (χ0n) is 16.6. The highest BCUT2D eigenvalue weighted by Gasteiger charge is 2.10. The predicted molar refractivity (Wildman–Crippen MR) is 120 cm³/mol. The average Bonchev–Trinajstić information content (AvgIpc) is 3.43. The van der Waals surface area contributed by atoms with Gasteiger partial charge in [-0.25, -0.2) is 14.4 Å². The number of nitrogens with two attached hydrogens (primary N) is 1. The lowest BCUT2D eigenvalue weighted by molar-refractivity contribution is 0.388. The number of nitrogen functional groups attached to an aromatic ring is 1. The van der Waals surface area contributed by atoms with E-state index in [1.807, 2.05) is 37.4 Å². The maximum Gasteiger partial charge on any atom is 0.143 e. The Morgan fingerprint density at radius 1 is 1.06 bits per heavy atom. The number of aromatic amines is 1. The van der Waals surface area contributed by atoms with Crippen LogP contribution in [0.3, 0.4) is 0 Å². The van der Waals surface area contributed by atoms with E-state index in [-0.39, 0.29) is 5.82 Å². The van der Waals surface area contributed by atoms with E-state index in [0.29, 0.717) is 22.1 Å². The summed E-state index contributed by atoms with van der Waals surface area (Å²) in [6, 6.07) is 15.9. The van der Waals surface area contributed by atoms with Gasteiger partial charge in [0, 0.05) is 34.8 Å². The summed E-state index contributed by atoms with van der Waals surface area (Å²) < 4.78 is 18.3. The Balaban J connectivity index is 0.000000152. The van der Waals surface area contributed by atoms with Gasteiger partial charge in [-0.05, 0) is 29.8 Å². The van der Waals surface area contributed by atoms with Crippen LogP contribution in [0, 0.1) is 5.82 Å². The number of hydrogen-bond acceptors (Lipinski definition) is 5. The summed E-state index contributed by atoms with van der Waals surface area (Å²) in [6.45, 7) is 1.96. The first kappa shape index (κ1) is 20.6. The SMILES string of the molecule is CCc1cc(-c2ccccc2F)no1.Nc1ncnc2[nH]cc(-c3ccc(Cl)cc3)c12. The molecule has 0 saturated carbocycles. The molecule has 3 heterocycles. The maximum atomic E-state index is 13.3. The molecule has 8 heteroatoms. The lowest BCUT2D eigenvalue weighted by Crippen LogP contribution is -1.92. The third-order valence-corrected chi connectivity index (χ3v) is 4.96. The van der Waals surface area contributed by atoms with Crippen LogP contribution in [-0.2, 0) is 6.42 Å². The molecule has 0 aliphatic carbocycles. The van der Waals surface area contributed by atoms with E-state index in [2.05, 4.69) is 20.1 Å². The molecule has 0 bridgehead atoms. The molecule has 6 nitrogen and oxygen atoms in total. The minimum absolute atomic E-state index is 0.275. The quantitative estimate of drug-likeness (QED) is 0.367. The molecule has 5 rings (SSSR count). The third kappa shape index (κ3) is 4.41. The van der Waals surface area contributed by atoms with Crippen LogP contribution in [0.4, 0.5) is 10.2 Å². The number of hydrogen-bond donors (Lipinski definition) is 2. The topological polar surface area (TPSA) is 93.6 Å². The molecule has 31 heavy (non-hydrogen) atoms. The molecule has 2 aromatic carbocycles. The predicted octanol–water partition coefficient (Wildman–Crippen LogP) is 5.90. The summed E-state index contributed by atoms with van der Waals surface area (Å²) >= 11 is 5.87. The van der Waals surface area contributed by atoms with Crippen LogP contribution in [0.2, 0.25) is 5.02 Å². The molecule has 0 aliphatic rings. The first-order chi connectivity index (χ1) is 15.1. The number of fused-ring (bicyclic) bond motifs is 1. The molecule has 0 spiro atoms. The number of nitrogens with one attached hydrogen (secondary N) is 1. The molecule has 0 atom stereocenters. The first-order valence-electron chi connectivity index (χ1n) is 9.60. The smallest absolute Gasteiger partial charge is 0.143 e. The van der Waals surface area contributed by atoms with Crippen LogP contribution in [-0.4, -0.2) is 20.1 Å². The van der Waals surface area contributed by atoms with Gasteiger partial charge in [0.25, 0.3) is 0 Å². The van der Waals surface area contributed by atoms with Gasteiger partial charge in [0.15, 0.2) is 0 Å². The number of aryl methyl sites for hydroxylation is 1. The fourth-order valence-electron chi connectivity index (χ4n) is 3.12. The second-order valence-corrected chi connectivity index (χ2v) is 7.14. The molecule has 156 valence electrons. The van der Waals surface area contributed by atoms with Gasteiger partial charge >= 0.3 is 0 Å². The molecule has 0 unspecified atom stereocenters. The number of benzene rings is 2. The number of anilines is 1. The van der Waals surface area contributed by atoms with Gasteiger partial charge in [0.2, 0.25) is 0 Å². The van der Waals surface area contributed by atoms with E-state index < -0.39 is 0 Å². The number of halogens is 2. The number of rotatable bonds is 3. The van der Waals surface area contributed by atoms with Gasteiger partial charge in [-0.1, -0.05) is 47.9 Å². The van der Waals surface area contributed by atoms with Gasteiger partial charge in [-0.2, -0.15) is 0 Å². The molecule has 0 aliphatic heterocycles. The molecule has 3 aromatic heterocycles. The Bertz CT molecular complexity index is 1310. The van der Waals surface area contributed by atoms with Crippen molar-refractivity contribution in [3.8, 4) is 22.4 Å². The molecule has 0 saturated heterocycles. The van der Waals surface area contributed by atoms with Crippen LogP contribution >= 0.6 is 11.6 Å². The van der Waals surface area contributed by atoms with E-state index in [9.17, 15) is 4.39 Å². The number of aromatic nitrogens is 4. The fourth-order valence-corrected chi connectivity index (χ4v) is 3.25. The number of nitrogens with zero attached hydrogens (tertiary/aromatic N) is 3. The summed E-state index contributed by atoms with van der Waals surface area (Å²) in [7, 11) is 0. The Morgan fingerprint density at radius 3 is 2.55 bits per heavy atom. The molecule has 3 N–H and O–H groups in total. The molecule has 5 aromatic rings. The van der Waals surface area contributed by atoms with Gasteiger partial charge < -0.3 is 15.2 Å². The van der Waals surface area contributed by atoms with Gasteiger partial charge in [-0.15, -0.1) is 0 Å². The van der Waals surface area contributed by atoms with E-state index >= 15 is 0 Å². The van der Waals surface area contributed by atoms with Crippen LogP contribution in [0.1, 0.15) is 12.7 Å². The van der Waals surface area contributed by atoms with E-state index in [1.54, 1.807) is 24.3 Å². The van der Waals surface area contributed by atoms with Crippen molar-refractivity contribution in [3.05, 3.63) is 83.7 Å². The van der Waals surface area contributed by atoms with Gasteiger partial charge in [0.1, 0.15) is 35.1 Å². The van der Waals surface area contributed by atoms with Crippen molar-refractivity contribution in [1.29, 1.82) is 0 Å². The van der Waals surface area contributed by atoms with Gasteiger partial charge in [0.05, 0.1) is 5.39 Å².